The van der Waals surface area contributed by atoms with Crippen LogP contribution in [0.3, 0.4) is 0 Å². The summed E-state index contributed by atoms with van der Waals surface area (Å²) in [4.78, 5) is 2.62. The standard InChI is InChI=1S/C15H21FN2S2/c1-15(2)3-4-18(5-6-20-15)10-11-7-12(14(17)19)9-13(16)8-11/h7-9H,3-6,10H2,1-2H3,(H2,17,19). The molecule has 0 radical (unpaired) electrons. The van der Waals surface area contributed by atoms with Gasteiger partial charge in [0.15, 0.2) is 0 Å². The number of nitrogens with two attached hydrogens (primary N) is 1. The van der Waals surface area contributed by atoms with Gasteiger partial charge in [-0.15, -0.1) is 0 Å². The fourth-order valence-corrected chi connectivity index (χ4v) is 3.62. The Morgan fingerprint density at radius 2 is 2.15 bits per heavy atom. The summed E-state index contributed by atoms with van der Waals surface area (Å²) in [5.74, 6) is 0.847. The maximum absolute atomic E-state index is 13.6. The Morgan fingerprint density at radius 3 is 2.85 bits per heavy atom. The Hall–Kier alpha value is -0.650. The molecule has 2 rings (SSSR count). The molecule has 20 heavy (non-hydrogen) atoms. The number of rotatable bonds is 3. The van der Waals surface area contributed by atoms with Gasteiger partial charge in [0.1, 0.15) is 10.8 Å². The average molecular weight is 312 g/mol. The third kappa shape index (κ3) is 4.43. The third-order valence-electron chi connectivity index (χ3n) is 3.58. The van der Waals surface area contributed by atoms with E-state index in [1.165, 1.54) is 6.07 Å². The number of benzene rings is 1. The molecule has 1 aromatic rings. The van der Waals surface area contributed by atoms with Crippen LogP contribution in [0.1, 0.15) is 31.4 Å². The molecule has 2 nitrogen and oxygen atoms in total. The van der Waals surface area contributed by atoms with Gasteiger partial charge in [-0.1, -0.05) is 26.1 Å². The number of thioether (sulfide) groups is 1. The van der Waals surface area contributed by atoms with Gasteiger partial charge in [-0.2, -0.15) is 11.8 Å². The van der Waals surface area contributed by atoms with Crippen LogP contribution in [0, 0.1) is 5.82 Å². The summed E-state index contributed by atoms with van der Waals surface area (Å²) in [6.45, 7) is 7.40. The highest BCUT2D eigenvalue weighted by Gasteiger charge is 2.23. The van der Waals surface area contributed by atoms with Gasteiger partial charge in [-0.3, -0.25) is 4.90 Å². The quantitative estimate of drug-likeness (QED) is 0.868. The highest BCUT2D eigenvalue weighted by molar-refractivity contribution is 8.00. The first-order valence-corrected chi connectivity index (χ1v) is 8.21. The molecule has 1 fully saturated rings. The van der Waals surface area contributed by atoms with Crippen LogP contribution in [0.4, 0.5) is 4.39 Å². The lowest BCUT2D eigenvalue weighted by Crippen LogP contribution is -2.27. The van der Waals surface area contributed by atoms with E-state index in [0.717, 1.165) is 37.4 Å². The molecule has 1 saturated heterocycles. The smallest absolute Gasteiger partial charge is 0.124 e. The molecule has 0 aromatic heterocycles. The van der Waals surface area contributed by atoms with Crippen LogP contribution >= 0.6 is 24.0 Å². The van der Waals surface area contributed by atoms with E-state index in [-0.39, 0.29) is 10.8 Å². The lowest BCUT2D eigenvalue weighted by Gasteiger charge is -2.22. The first kappa shape index (κ1) is 15.7. The summed E-state index contributed by atoms with van der Waals surface area (Å²) in [7, 11) is 0. The van der Waals surface area contributed by atoms with Crippen LogP contribution < -0.4 is 5.73 Å². The summed E-state index contributed by atoms with van der Waals surface area (Å²) in [6, 6.07) is 4.87. The highest BCUT2D eigenvalue weighted by atomic mass is 32.2. The normalized spacial score (nSPS) is 19.6. The second-order valence-electron chi connectivity index (χ2n) is 5.85. The molecule has 1 aromatic carbocycles. The lowest BCUT2D eigenvalue weighted by molar-refractivity contribution is 0.276. The fraction of sp³-hybridized carbons (Fsp3) is 0.533. The predicted molar refractivity (Wildman–Crippen MR) is 88.7 cm³/mol. The molecular weight excluding hydrogens is 291 g/mol. The van der Waals surface area contributed by atoms with E-state index >= 15 is 0 Å². The Balaban J connectivity index is 2.08. The van der Waals surface area contributed by atoms with Crippen molar-refractivity contribution in [2.75, 3.05) is 18.8 Å². The number of halogens is 1. The van der Waals surface area contributed by atoms with Crippen molar-refractivity contribution in [1.82, 2.24) is 4.90 Å². The van der Waals surface area contributed by atoms with E-state index in [0.29, 0.717) is 10.3 Å². The molecule has 0 spiro atoms. The van der Waals surface area contributed by atoms with Crippen molar-refractivity contribution in [3.05, 3.63) is 35.1 Å². The number of thiocarbonyl (C=S) groups is 1. The Kier molecular flexibility index (Phi) is 5.04. The van der Waals surface area contributed by atoms with Crippen molar-refractivity contribution in [3.63, 3.8) is 0 Å². The summed E-state index contributed by atoms with van der Waals surface area (Å²) in [5, 5.41) is 0. The van der Waals surface area contributed by atoms with Gasteiger partial charge >= 0.3 is 0 Å². The Morgan fingerprint density at radius 1 is 1.40 bits per heavy atom. The first-order valence-electron chi connectivity index (χ1n) is 6.81. The first-order chi connectivity index (χ1) is 9.35. The van der Waals surface area contributed by atoms with Crippen LogP contribution in [0.5, 0.6) is 0 Å². The van der Waals surface area contributed by atoms with Crippen LogP contribution in [-0.4, -0.2) is 33.5 Å². The molecular formula is C15H21FN2S2. The van der Waals surface area contributed by atoms with Crippen molar-refractivity contribution in [3.8, 4) is 0 Å². The van der Waals surface area contributed by atoms with E-state index < -0.39 is 0 Å². The topological polar surface area (TPSA) is 29.3 Å². The van der Waals surface area contributed by atoms with Crippen molar-refractivity contribution in [2.45, 2.75) is 31.6 Å². The third-order valence-corrected chi connectivity index (χ3v) is 5.19. The Labute approximate surface area is 129 Å². The maximum Gasteiger partial charge on any atom is 0.124 e. The second-order valence-corrected chi connectivity index (χ2v) is 8.09. The molecule has 0 bridgehead atoms. The van der Waals surface area contributed by atoms with Crippen molar-refractivity contribution in [2.24, 2.45) is 5.73 Å². The second kappa shape index (κ2) is 6.41. The minimum atomic E-state index is -0.269. The summed E-state index contributed by atoms with van der Waals surface area (Å²) in [5.41, 5.74) is 7.15. The molecule has 2 N–H and O–H groups in total. The number of nitrogens with zero attached hydrogens (tertiary/aromatic N) is 1. The van der Waals surface area contributed by atoms with Crippen molar-refractivity contribution < 1.29 is 4.39 Å². The van der Waals surface area contributed by atoms with Crippen LogP contribution in [0.2, 0.25) is 0 Å². The molecule has 1 aliphatic heterocycles. The van der Waals surface area contributed by atoms with E-state index in [9.17, 15) is 4.39 Å². The van der Waals surface area contributed by atoms with Gasteiger partial charge in [0.2, 0.25) is 0 Å². The van der Waals surface area contributed by atoms with Crippen molar-refractivity contribution in [1.29, 1.82) is 0 Å². The van der Waals surface area contributed by atoms with Crippen LogP contribution in [-0.2, 0) is 6.54 Å². The van der Waals surface area contributed by atoms with E-state index in [1.807, 2.05) is 17.8 Å². The molecule has 5 heteroatoms. The van der Waals surface area contributed by atoms with E-state index in [1.54, 1.807) is 6.07 Å². The fourth-order valence-electron chi connectivity index (χ4n) is 2.36. The number of hydrogen-bond donors (Lipinski definition) is 1. The molecule has 0 saturated carbocycles. The monoisotopic (exact) mass is 312 g/mol. The zero-order chi connectivity index (χ0) is 14.8. The average Bonchev–Trinajstić information content (AvgIpc) is 2.50. The zero-order valence-electron chi connectivity index (χ0n) is 12.0. The molecule has 110 valence electrons. The molecule has 0 amide bonds. The molecule has 0 atom stereocenters. The molecule has 0 unspecified atom stereocenters. The summed E-state index contributed by atoms with van der Waals surface area (Å²) in [6.07, 6.45) is 1.15. The van der Waals surface area contributed by atoms with Gasteiger partial charge in [0.05, 0.1) is 0 Å². The van der Waals surface area contributed by atoms with Gasteiger partial charge in [0.25, 0.3) is 0 Å². The van der Waals surface area contributed by atoms with Crippen LogP contribution in [0.25, 0.3) is 0 Å². The molecule has 1 heterocycles. The van der Waals surface area contributed by atoms with E-state index in [2.05, 4.69) is 18.7 Å². The highest BCUT2D eigenvalue weighted by Crippen LogP contribution is 2.31. The van der Waals surface area contributed by atoms with Gasteiger partial charge < -0.3 is 5.73 Å². The number of hydrogen-bond acceptors (Lipinski definition) is 3. The SMILES string of the molecule is CC1(C)CCN(Cc2cc(F)cc(C(N)=S)c2)CCS1. The molecule has 0 aliphatic carbocycles. The minimum absolute atomic E-state index is 0.248. The Bertz CT molecular complexity index is 503. The zero-order valence-corrected chi connectivity index (χ0v) is 13.6. The van der Waals surface area contributed by atoms with Gasteiger partial charge in [-0.25, -0.2) is 4.39 Å². The van der Waals surface area contributed by atoms with E-state index in [4.69, 9.17) is 18.0 Å². The lowest BCUT2D eigenvalue weighted by atomic mass is 10.1. The predicted octanol–water partition coefficient (Wildman–Crippen LogP) is 3.18. The minimum Gasteiger partial charge on any atom is -0.389 e. The maximum atomic E-state index is 13.6. The molecule has 1 aliphatic rings. The summed E-state index contributed by atoms with van der Waals surface area (Å²) >= 11 is 6.94. The van der Waals surface area contributed by atoms with Gasteiger partial charge in [0, 0.05) is 29.2 Å². The largest absolute Gasteiger partial charge is 0.389 e. The summed E-state index contributed by atoms with van der Waals surface area (Å²) < 4.78 is 13.9. The van der Waals surface area contributed by atoms with Crippen LogP contribution in [0.15, 0.2) is 18.2 Å². The van der Waals surface area contributed by atoms with Gasteiger partial charge in [-0.05, 0) is 36.7 Å². The van der Waals surface area contributed by atoms with Crippen molar-refractivity contribution >= 4 is 29.0 Å².